The first-order valence-corrected chi connectivity index (χ1v) is 4.89. The lowest BCUT2D eigenvalue weighted by Gasteiger charge is -2.29. The summed E-state index contributed by atoms with van der Waals surface area (Å²) < 4.78 is 41.8. The molecule has 15 heavy (non-hydrogen) atoms. The predicted octanol–water partition coefficient (Wildman–Crippen LogP) is 1.34. The van der Waals surface area contributed by atoms with Gasteiger partial charge in [0.1, 0.15) is 0 Å². The molecule has 6 heteroatoms. The van der Waals surface area contributed by atoms with Gasteiger partial charge in [-0.1, -0.05) is 0 Å². The summed E-state index contributed by atoms with van der Waals surface area (Å²) >= 11 is 0. The van der Waals surface area contributed by atoms with Crippen LogP contribution in [-0.2, 0) is 9.53 Å². The highest BCUT2D eigenvalue weighted by Gasteiger charge is 2.43. The highest BCUT2D eigenvalue weighted by Crippen LogP contribution is 2.33. The van der Waals surface area contributed by atoms with Crippen LogP contribution >= 0.6 is 0 Å². The number of alkyl halides is 3. The Morgan fingerprint density at radius 3 is 2.67 bits per heavy atom. The third kappa shape index (κ3) is 3.37. The van der Waals surface area contributed by atoms with Crippen LogP contribution in [0.2, 0.25) is 0 Å². The molecule has 1 N–H and O–H groups in total. The zero-order valence-electron chi connectivity index (χ0n) is 8.43. The molecule has 2 atom stereocenters. The number of piperidine rings is 1. The van der Waals surface area contributed by atoms with E-state index in [9.17, 15) is 18.0 Å². The lowest BCUT2D eigenvalue weighted by Crippen LogP contribution is -2.45. The molecule has 3 nitrogen and oxygen atoms in total. The minimum Gasteiger partial charge on any atom is -0.466 e. The van der Waals surface area contributed by atoms with E-state index in [0.717, 1.165) is 0 Å². The van der Waals surface area contributed by atoms with Gasteiger partial charge in [-0.3, -0.25) is 4.79 Å². The zero-order valence-corrected chi connectivity index (χ0v) is 8.43. The van der Waals surface area contributed by atoms with Gasteiger partial charge in [0.2, 0.25) is 0 Å². The number of halogens is 3. The Morgan fingerprint density at radius 1 is 1.47 bits per heavy atom. The molecule has 1 rings (SSSR count). The van der Waals surface area contributed by atoms with Gasteiger partial charge in [0.05, 0.1) is 18.4 Å². The maximum Gasteiger partial charge on any atom is 0.393 e. The number of hydrogen-bond donors (Lipinski definition) is 1. The van der Waals surface area contributed by atoms with Crippen LogP contribution in [-0.4, -0.2) is 31.8 Å². The predicted molar refractivity (Wildman–Crippen MR) is 47.2 cm³/mol. The molecule has 0 radical (unpaired) electrons. The maximum absolute atomic E-state index is 12.4. The van der Waals surface area contributed by atoms with E-state index in [0.29, 0.717) is 0 Å². The smallest absolute Gasteiger partial charge is 0.393 e. The summed E-state index contributed by atoms with van der Waals surface area (Å²) in [7, 11) is 0. The summed E-state index contributed by atoms with van der Waals surface area (Å²) in [6.07, 6.45) is -4.41. The fraction of sp³-hybridized carbons (Fsp3) is 0.889. The summed E-state index contributed by atoms with van der Waals surface area (Å²) in [4.78, 5) is 11.2. The molecule has 0 aliphatic carbocycles. The second-order valence-corrected chi connectivity index (χ2v) is 3.58. The molecule has 1 saturated heterocycles. The van der Waals surface area contributed by atoms with Gasteiger partial charge in [0, 0.05) is 13.1 Å². The van der Waals surface area contributed by atoms with E-state index in [1.807, 2.05) is 0 Å². The van der Waals surface area contributed by atoms with Crippen LogP contribution < -0.4 is 5.32 Å². The van der Waals surface area contributed by atoms with Crippen LogP contribution in [0.15, 0.2) is 0 Å². The van der Waals surface area contributed by atoms with Gasteiger partial charge >= 0.3 is 12.1 Å². The number of ether oxygens (including phenoxy) is 1. The van der Waals surface area contributed by atoms with Gasteiger partial charge in [0.25, 0.3) is 0 Å². The van der Waals surface area contributed by atoms with Crippen molar-refractivity contribution in [2.45, 2.75) is 19.5 Å². The Kier molecular flexibility index (Phi) is 3.96. The molecule has 0 aromatic carbocycles. The molecule has 88 valence electrons. The van der Waals surface area contributed by atoms with E-state index in [1.165, 1.54) is 0 Å². The number of nitrogens with one attached hydrogen (secondary N) is 1. The Balaban J connectivity index is 2.52. The average Bonchev–Trinajstić information content (AvgIpc) is 2.17. The number of carbonyl (C=O) groups is 1. The molecular weight excluding hydrogens is 211 g/mol. The Bertz CT molecular complexity index is 230. The molecule has 1 aliphatic heterocycles. The summed E-state index contributed by atoms with van der Waals surface area (Å²) in [5, 5.41) is 2.61. The van der Waals surface area contributed by atoms with Crippen LogP contribution in [0.4, 0.5) is 13.2 Å². The first-order chi connectivity index (χ1) is 6.95. The number of hydrogen-bond acceptors (Lipinski definition) is 3. The maximum atomic E-state index is 12.4. The van der Waals surface area contributed by atoms with Crippen molar-refractivity contribution in [2.75, 3.05) is 19.7 Å². The van der Waals surface area contributed by atoms with Gasteiger partial charge < -0.3 is 10.1 Å². The van der Waals surface area contributed by atoms with Crippen LogP contribution in [0, 0.1) is 11.8 Å². The number of esters is 1. The van der Waals surface area contributed by atoms with Gasteiger partial charge in [-0.25, -0.2) is 0 Å². The van der Waals surface area contributed by atoms with Crippen LogP contribution in [0.25, 0.3) is 0 Å². The van der Waals surface area contributed by atoms with E-state index in [2.05, 4.69) is 5.32 Å². The van der Waals surface area contributed by atoms with Crippen LogP contribution in [0.3, 0.4) is 0 Å². The van der Waals surface area contributed by atoms with Crippen molar-refractivity contribution in [3.63, 3.8) is 0 Å². The van der Waals surface area contributed by atoms with Gasteiger partial charge in [-0.2, -0.15) is 13.2 Å². The lowest BCUT2D eigenvalue weighted by atomic mass is 9.90. The number of carbonyl (C=O) groups excluding carboxylic acids is 1. The summed E-state index contributed by atoms with van der Waals surface area (Å²) in [6, 6.07) is 0. The van der Waals surface area contributed by atoms with E-state index in [-0.39, 0.29) is 26.1 Å². The van der Waals surface area contributed by atoms with Crippen molar-refractivity contribution in [3.05, 3.63) is 0 Å². The fourth-order valence-electron chi connectivity index (χ4n) is 1.63. The summed E-state index contributed by atoms with van der Waals surface area (Å²) in [5.41, 5.74) is 0. The summed E-state index contributed by atoms with van der Waals surface area (Å²) in [5.74, 6) is -2.66. The quantitative estimate of drug-likeness (QED) is 0.721. The molecule has 0 aromatic heterocycles. The van der Waals surface area contributed by atoms with Gasteiger partial charge in [0.15, 0.2) is 0 Å². The van der Waals surface area contributed by atoms with Gasteiger partial charge in [-0.15, -0.1) is 0 Å². The molecule has 2 unspecified atom stereocenters. The lowest BCUT2D eigenvalue weighted by molar-refractivity contribution is -0.185. The third-order valence-electron chi connectivity index (χ3n) is 2.43. The van der Waals surface area contributed by atoms with Crippen molar-refractivity contribution in [1.29, 1.82) is 0 Å². The normalized spacial score (nSPS) is 27.5. The average molecular weight is 225 g/mol. The molecule has 0 saturated carbocycles. The van der Waals surface area contributed by atoms with E-state index < -0.39 is 24.0 Å². The monoisotopic (exact) mass is 225 g/mol. The Morgan fingerprint density at radius 2 is 2.13 bits per heavy atom. The highest BCUT2D eigenvalue weighted by atomic mass is 19.4. The third-order valence-corrected chi connectivity index (χ3v) is 2.43. The second-order valence-electron chi connectivity index (χ2n) is 3.58. The van der Waals surface area contributed by atoms with Crippen molar-refractivity contribution in [3.8, 4) is 0 Å². The minimum atomic E-state index is -4.24. The standard InChI is InChI=1S/C9H14F3NO2/c1-2-15-8(14)6-3-7(5-13-4-6)9(10,11)12/h6-7,13H,2-5H2,1H3. The first kappa shape index (κ1) is 12.3. The van der Waals surface area contributed by atoms with Crippen LogP contribution in [0.1, 0.15) is 13.3 Å². The van der Waals surface area contributed by atoms with Crippen molar-refractivity contribution in [2.24, 2.45) is 11.8 Å². The van der Waals surface area contributed by atoms with Crippen molar-refractivity contribution < 1.29 is 22.7 Å². The van der Waals surface area contributed by atoms with Crippen LogP contribution in [0.5, 0.6) is 0 Å². The van der Waals surface area contributed by atoms with Crippen molar-refractivity contribution in [1.82, 2.24) is 5.32 Å². The molecule has 0 amide bonds. The molecule has 0 aromatic rings. The highest BCUT2D eigenvalue weighted by molar-refractivity contribution is 5.72. The Hall–Kier alpha value is -0.780. The van der Waals surface area contributed by atoms with E-state index in [1.54, 1.807) is 6.92 Å². The molecule has 1 fully saturated rings. The summed E-state index contributed by atoms with van der Waals surface area (Å²) in [6.45, 7) is 1.99. The molecule has 1 heterocycles. The Labute approximate surface area is 86.0 Å². The number of rotatable bonds is 2. The fourth-order valence-corrected chi connectivity index (χ4v) is 1.63. The topological polar surface area (TPSA) is 38.3 Å². The van der Waals surface area contributed by atoms with Crippen molar-refractivity contribution >= 4 is 5.97 Å². The van der Waals surface area contributed by atoms with E-state index in [4.69, 9.17) is 4.74 Å². The van der Waals surface area contributed by atoms with E-state index >= 15 is 0 Å². The molecular formula is C9H14F3NO2. The second kappa shape index (κ2) is 4.83. The molecule has 1 aliphatic rings. The molecule has 0 bridgehead atoms. The first-order valence-electron chi connectivity index (χ1n) is 4.89. The minimum absolute atomic E-state index is 0.112. The largest absolute Gasteiger partial charge is 0.466 e. The van der Waals surface area contributed by atoms with Gasteiger partial charge in [-0.05, 0) is 13.3 Å². The molecule has 0 spiro atoms. The zero-order chi connectivity index (χ0) is 11.5. The SMILES string of the molecule is CCOC(=O)C1CNCC(C(F)(F)F)C1.